The van der Waals surface area contributed by atoms with E-state index in [1.807, 2.05) is 18.3 Å². The quantitative estimate of drug-likeness (QED) is 0.394. The molecule has 0 saturated heterocycles. The molecule has 1 aromatic carbocycles. The first-order valence-electron chi connectivity index (χ1n) is 7.67. The zero-order valence-electron chi connectivity index (χ0n) is 14.5. The molecule has 0 fully saturated rings. The van der Waals surface area contributed by atoms with Gasteiger partial charge in [0.05, 0.1) is 13.7 Å². The Labute approximate surface area is 165 Å². The van der Waals surface area contributed by atoms with E-state index in [1.165, 1.54) is 10.4 Å². The first kappa shape index (κ1) is 20.7. The second-order valence-electron chi connectivity index (χ2n) is 5.21. The van der Waals surface area contributed by atoms with Crippen LogP contribution in [-0.4, -0.2) is 25.1 Å². The normalized spacial score (nSPS) is 10.9. The molecule has 2 N–H and O–H groups in total. The number of nitrogens with zero attached hydrogens (tertiary/aromatic N) is 2. The fourth-order valence-electron chi connectivity index (χ4n) is 2.20. The lowest BCUT2D eigenvalue weighted by molar-refractivity contribution is 0.414. The zero-order chi connectivity index (χ0) is 16.7. The third-order valence-electron chi connectivity index (χ3n) is 3.39. The molecule has 0 amide bonds. The minimum atomic E-state index is 0. The molecule has 0 atom stereocenters. The topological polar surface area (TPSA) is 58.5 Å². The van der Waals surface area contributed by atoms with Gasteiger partial charge in [-0.1, -0.05) is 13.0 Å². The highest BCUT2D eigenvalue weighted by molar-refractivity contribution is 14.0. The van der Waals surface area contributed by atoms with Crippen molar-refractivity contribution in [2.24, 2.45) is 4.99 Å². The highest BCUT2D eigenvalue weighted by Gasteiger charge is 2.04. The molecule has 0 aliphatic carbocycles. The molecule has 0 aliphatic rings. The van der Waals surface area contributed by atoms with Crippen molar-refractivity contribution in [2.75, 3.05) is 14.2 Å². The number of aliphatic imine (C=N–C) groups is 1. The highest BCUT2D eigenvalue weighted by atomic mass is 127. The van der Waals surface area contributed by atoms with Gasteiger partial charge in [0.1, 0.15) is 10.8 Å². The third kappa shape index (κ3) is 6.27. The number of benzene rings is 1. The Hall–Kier alpha value is -1.35. The van der Waals surface area contributed by atoms with Gasteiger partial charge in [-0.25, -0.2) is 4.98 Å². The molecule has 0 aliphatic heterocycles. The van der Waals surface area contributed by atoms with Crippen molar-refractivity contribution < 1.29 is 4.74 Å². The summed E-state index contributed by atoms with van der Waals surface area (Å²) in [6.07, 6.45) is 2.97. The summed E-state index contributed by atoms with van der Waals surface area (Å²) in [5.74, 6) is 1.64. The first-order chi connectivity index (χ1) is 11.1. The lowest BCUT2D eigenvalue weighted by Crippen LogP contribution is -2.36. The predicted octanol–water partition coefficient (Wildman–Crippen LogP) is 3.51. The van der Waals surface area contributed by atoms with Crippen molar-refractivity contribution >= 4 is 41.3 Å². The summed E-state index contributed by atoms with van der Waals surface area (Å²) in [6, 6.07) is 6.18. The first-order valence-corrected chi connectivity index (χ1v) is 8.49. The van der Waals surface area contributed by atoms with Gasteiger partial charge in [0.2, 0.25) is 0 Å². The fourth-order valence-corrected chi connectivity index (χ4v) is 3.01. The highest BCUT2D eigenvalue weighted by Crippen LogP contribution is 2.16. The molecule has 1 aromatic heterocycles. The van der Waals surface area contributed by atoms with E-state index in [0.717, 1.165) is 28.7 Å². The van der Waals surface area contributed by atoms with E-state index >= 15 is 0 Å². The fraction of sp³-hybridized carbons (Fsp3) is 0.412. The van der Waals surface area contributed by atoms with Gasteiger partial charge in [-0.15, -0.1) is 35.3 Å². The second kappa shape index (κ2) is 10.5. The van der Waals surface area contributed by atoms with E-state index < -0.39 is 0 Å². The molecule has 0 radical (unpaired) electrons. The summed E-state index contributed by atoms with van der Waals surface area (Å²) in [5, 5.41) is 7.68. The van der Waals surface area contributed by atoms with Crippen LogP contribution < -0.4 is 15.4 Å². The van der Waals surface area contributed by atoms with Crippen molar-refractivity contribution in [3.05, 3.63) is 45.4 Å². The van der Waals surface area contributed by atoms with Crippen LogP contribution in [0.3, 0.4) is 0 Å². The summed E-state index contributed by atoms with van der Waals surface area (Å²) in [6.45, 7) is 5.57. The van der Waals surface area contributed by atoms with Gasteiger partial charge in [-0.2, -0.15) is 0 Å². The Morgan fingerprint density at radius 1 is 1.25 bits per heavy atom. The maximum Gasteiger partial charge on any atom is 0.191 e. The van der Waals surface area contributed by atoms with Gasteiger partial charge >= 0.3 is 0 Å². The number of aromatic nitrogens is 1. The number of hydrogen-bond donors (Lipinski definition) is 2. The van der Waals surface area contributed by atoms with E-state index in [4.69, 9.17) is 4.74 Å². The van der Waals surface area contributed by atoms with Crippen LogP contribution in [0.15, 0.2) is 29.4 Å². The number of hydrogen-bond acceptors (Lipinski definition) is 4. The minimum Gasteiger partial charge on any atom is -0.497 e. The maximum atomic E-state index is 5.31. The van der Waals surface area contributed by atoms with E-state index in [1.54, 1.807) is 25.5 Å². The number of methoxy groups -OCH3 is 1. The number of aryl methyl sites for hydroxylation is 2. The standard InChI is InChI=1S/C17H24N4OS.HI/c1-5-15-10-19-16(23-15)11-21-17(18-3)20-9-13-6-12(2)7-14(8-13)22-4;/h6-8,10H,5,9,11H2,1-4H3,(H2,18,20,21);1H. The van der Waals surface area contributed by atoms with Gasteiger partial charge in [0.25, 0.3) is 0 Å². The number of ether oxygens (including phenoxy) is 1. The van der Waals surface area contributed by atoms with Crippen LogP contribution in [0.5, 0.6) is 5.75 Å². The van der Waals surface area contributed by atoms with Gasteiger partial charge in [-0.05, 0) is 36.6 Å². The Morgan fingerprint density at radius 2 is 2.00 bits per heavy atom. The van der Waals surface area contributed by atoms with E-state index in [2.05, 4.69) is 40.5 Å². The van der Waals surface area contributed by atoms with Crippen LogP contribution >= 0.6 is 35.3 Å². The van der Waals surface area contributed by atoms with Crippen molar-refractivity contribution in [1.29, 1.82) is 0 Å². The summed E-state index contributed by atoms with van der Waals surface area (Å²) in [7, 11) is 3.45. The average molecular weight is 460 g/mol. The Balaban J connectivity index is 0.00000288. The lowest BCUT2D eigenvalue weighted by atomic mass is 10.1. The molecule has 5 nitrogen and oxygen atoms in total. The van der Waals surface area contributed by atoms with E-state index in [0.29, 0.717) is 13.1 Å². The van der Waals surface area contributed by atoms with E-state index in [-0.39, 0.29) is 24.0 Å². The molecule has 7 heteroatoms. The predicted molar refractivity (Wildman–Crippen MR) is 112 cm³/mol. The summed E-state index contributed by atoms with van der Waals surface area (Å²) in [4.78, 5) is 9.96. The molecule has 0 unspecified atom stereocenters. The summed E-state index contributed by atoms with van der Waals surface area (Å²) < 4.78 is 5.31. The molecule has 24 heavy (non-hydrogen) atoms. The third-order valence-corrected chi connectivity index (χ3v) is 4.53. The molecule has 132 valence electrons. The van der Waals surface area contributed by atoms with Gasteiger partial charge in [0.15, 0.2) is 5.96 Å². The van der Waals surface area contributed by atoms with Gasteiger partial charge in [0, 0.05) is 24.7 Å². The average Bonchev–Trinajstić information content (AvgIpc) is 3.02. The molecule has 0 spiro atoms. The van der Waals surface area contributed by atoms with Gasteiger partial charge < -0.3 is 15.4 Å². The molecule has 2 rings (SSSR count). The van der Waals surface area contributed by atoms with Crippen LogP contribution in [0.1, 0.15) is 27.9 Å². The maximum absolute atomic E-state index is 5.31. The molecule has 2 aromatic rings. The van der Waals surface area contributed by atoms with Crippen LogP contribution in [0.4, 0.5) is 0 Å². The molecular weight excluding hydrogens is 435 g/mol. The summed E-state index contributed by atoms with van der Waals surface area (Å²) in [5.41, 5.74) is 2.34. The van der Waals surface area contributed by atoms with Crippen LogP contribution in [0.25, 0.3) is 0 Å². The van der Waals surface area contributed by atoms with E-state index in [9.17, 15) is 0 Å². The monoisotopic (exact) mass is 460 g/mol. The molecule has 0 bridgehead atoms. The number of rotatable bonds is 6. The number of thiazole rings is 1. The van der Waals surface area contributed by atoms with Crippen molar-refractivity contribution in [1.82, 2.24) is 15.6 Å². The molecular formula is C17H25IN4OS. The SMILES string of the molecule is CCc1cnc(CNC(=NC)NCc2cc(C)cc(OC)c2)s1.I. The number of guanidine groups is 1. The van der Waals surface area contributed by atoms with Gasteiger partial charge in [-0.3, -0.25) is 4.99 Å². The number of nitrogens with one attached hydrogen (secondary N) is 2. The van der Waals surface area contributed by atoms with Crippen molar-refractivity contribution in [3.63, 3.8) is 0 Å². The lowest BCUT2D eigenvalue weighted by Gasteiger charge is -2.12. The molecule has 1 heterocycles. The van der Waals surface area contributed by atoms with Crippen molar-refractivity contribution in [3.8, 4) is 5.75 Å². The van der Waals surface area contributed by atoms with Crippen LogP contribution in [-0.2, 0) is 19.5 Å². The smallest absolute Gasteiger partial charge is 0.191 e. The Kier molecular flexibility index (Phi) is 9.05. The minimum absolute atomic E-state index is 0. The zero-order valence-corrected chi connectivity index (χ0v) is 17.7. The number of halogens is 1. The summed E-state index contributed by atoms with van der Waals surface area (Å²) >= 11 is 1.73. The largest absolute Gasteiger partial charge is 0.497 e. The second-order valence-corrected chi connectivity index (χ2v) is 6.41. The Bertz CT molecular complexity index is 672. The molecule has 0 saturated carbocycles. The van der Waals surface area contributed by atoms with Crippen molar-refractivity contribution in [2.45, 2.75) is 33.4 Å². The Morgan fingerprint density at radius 3 is 2.62 bits per heavy atom. The van der Waals surface area contributed by atoms with Crippen LogP contribution in [0, 0.1) is 6.92 Å². The van der Waals surface area contributed by atoms with Crippen LogP contribution in [0.2, 0.25) is 0 Å².